The fraction of sp³-hybridized carbons (Fsp3) is 0.188. The number of carbonyl (C=O) groups is 1. The second-order valence-electron chi connectivity index (χ2n) is 4.64. The van der Waals surface area contributed by atoms with Crippen molar-refractivity contribution in [2.24, 2.45) is 0 Å². The van der Waals surface area contributed by atoms with Crippen LogP contribution in [0.2, 0.25) is 0 Å². The fourth-order valence-electron chi connectivity index (χ4n) is 2.33. The quantitative estimate of drug-likeness (QED) is 0.757. The number of ether oxygens (including phenoxy) is 1. The molecule has 90 valence electrons. The number of carbonyl (C=O) groups excluding carboxylic acids is 1. The number of Topliss-reactive ketones (excluding diaryl/α,β-unsaturated/α-hetero) is 1. The van der Waals surface area contributed by atoms with E-state index in [-0.39, 0.29) is 11.9 Å². The van der Waals surface area contributed by atoms with E-state index in [1.165, 1.54) is 5.56 Å². The Kier molecular flexibility index (Phi) is 2.63. The average molecular weight is 238 g/mol. The molecule has 0 radical (unpaired) electrons. The van der Waals surface area contributed by atoms with Crippen LogP contribution in [-0.2, 0) is 0 Å². The Hall–Kier alpha value is -2.09. The molecule has 0 bridgehead atoms. The molecule has 1 aliphatic heterocycles. The van der Waals surface area contributed by atoms with Crippen molar-refractivity contribution in [3.05, 3.63) is 65.2 Å². The van der Waals surface area contributed by atoms with E-state index in [1.54, 1.807) is 0 Å². The van der Waals surface area contributed by atoms with Crippen LogP contribution in [0.15, 0.2) is 48.5 Å². The molecule has 1 unspecified atom stereocenters. The summed E-state index contributed by atoms with van der Waals surface area (Å²) < 4.78 is 5.92. The molecule has 0 amide bonds. The smallest absolute Gasteiger partial charge is 0.170 e. The third-order valence-corrected chi connectivity index (χ3v) is 3.24. The number of fused-ring (bicyclic) bond motifs is 1. The second kappa shape index (κ2) is 4.30. The highest BCUT2D eigenvalue weighted by molar-refractivity contribution is 5.99. The lowest BCUT2D eigenvalue weighted by atomic mass is 9.95. The number of ketones is 1. The molecule has 0 aliphatic carbocycles. The molecule has 2 nitrogen and oxygen atoms in total. The molecular weight excluding hydrogens is 224 g/mol. The summed E-state index contributed by atoms with van der Waals surface area (Å²) in [7, 11) is 0. The van der Waals surface area contributed by atoms with Crippen LogP contribution in [-0.4, -0.2) is 5.78 Å². The van der Waals surface area contributed by atoms with E-state index in [9.17, 15) is 4.79 Å². The molecule has 1 heterocycles. The monoisotopic (exact) mass is 238 g/mol. The first-order valence-electron chi connectivity index (χ1n) is 6.09. The number of para-hydroxylation sites is 1. The van der Waals surface area contributed by atoms with Gasteiger partial charge in [-0.1, -0.05) is 42.0 Å². The van der Waals surface area contributed by atoms with E-state index in [0.29, 0.717) is 17.7 Å². The van der Waals surface area contributed by atoms with E-state index in [0.717, 1.165) is 5.56 Å². The molecule has 0 spiro atoms. The van der Waals surface area contributed by atoms with Gasteiger partial charge in [0, 0.05) is 0 Å². The Morgan fingerprint density at radius 1 is 1.11 bits per heavy atom. The fourth-order valence-corrected chi connectivity index (χ4v) is 2.33. The summed E-state index contributed by atoms with van der Waals surface area (Å²) in [5.74, 6) is 0.851. The molecule has 0 fully saturated rings. The zero-order chi connectivity index (χ0) is 12.5. The molecule has 0 saturated carbocycles. The van der Waals surface area contributed by atoms with Crippen molar-refractivity contribution < 1.29 is 9.53 Å². The molecule has 0 aromatic heterocycles. The Labute approximate surface area is 106 Å². The summed E-state index contributed by atoms with van der Waals surface area (Å²) in [6.07, 6.45) is 0.257. The minimum atomic E-state index is -0.160. The number of aryl methyl sites for hydroxylation is 1. The van der Waals surface area contributed by atoms with Crippen molar-refractivity contribution in [3.8, 4) is 5.75 Å². The van der Waals surface area contributed by atoms with Gasteiger partial charge in [-0.2, -0.15) is 0 Å². The van der Waals surface area contributed by atoms with Gasteiger partial charge < -0.3 is 4.74 Å². The molecule has 0 N–H and O–H groups in total. The highest BCUT2D eigenvalue weighted by Gasteiger charge is 2.27. The summed E-state index contributed by atoms with van der Waals surface area (Å²) in [4.78, 5) is 12.1. The van der Waals surface area contributed by atoms with E-state index < -0.39 is 0 Å². The van der Waals surface area contributed by atoms with Crippen LogP contribution in [0, 0.1) is 6.92 Å². The average Bonchev–Trinajstić information content (AvgIpc) is 2.39. The number of hydrogen-bond acceptors (Lipinski definition) is 2. The first kappa shape index (κ1) is 11.0. The summed E-state index contributed by atoms with van der Waals surface area (Å²) in [5, 5.41) is 0. The molecular formula is C16H14O2. The molecule has 0 saturated heterocycles. The lowest BCUT2D eigenvalue weighted by molar-refractivity contribution is 0.0850. The van der Waals surface area contributed by atoms with Gasteiger partial charge in [0.25, 0.3) is 0 Å². The maximum Gasteiger partial charge on any atom is 0.170 e. The molecule has 2 heteroatoms. The Morgan fingerprint density at radius 3 is 2.78 bits per heavy atom. The highest BCUT2D eigenvalue weighted by Crippen LogP contribution is 2.34. The van der Waals surface area contributed by atoms with Crippen LogP contribution in [0.25, 0.3) is 0 Å². The van der Waals surface area contributed by atoms with Gasteiger partial charge in [-0.25, -0.2) is 0 Å². The molecule has 2 aromatic carbocycles. The summed E-state index contributed by atoms with van der Waals surface area (Å²) in [5.41, 5.74) is 2.95. The van der Waals surface area contributed by atoms with Crippen LogP contribution < -0.4 is 4.74 Å². The molecule has 18 heavy (non-hydrogen) atoms. The van der Waals surface area contributed by atoms with Crippen LogP contribution in [0.1, 0.15) is 34.0 Å². The zero-order valence-corrected chi connectivity index (χ0v) is 10.2. The Morgan fingerprint density at radius 2 is 1.94 bits per heavy atom. The van der Waals surface area contributed by atoms with Gasteiger partial charge in [0.15, 0.2) is 5.78 Å². The molecule has 1 aliphatic rings. The van der Waals surface area contributed by atoms with E-state index in [2.05, 4.69) is 6.07 Å². The molecule has 3 rings (SSSR count). The third kappa shape index (κ3) is 1.90. The minimum absolute atomic E-state index is 0.156. The Bertz CT molecular complexity index is 602. The predicted octanol–water partition coefficient (Wildman–Crippen LogP) is 3.70. The van der Waals surface area contributed by atoms with Gasteiger partial charge in [-0.3, -0.25) is 4.79 Å². The van der Waals surface area contributed by atoms with Crippen molar-refractivity contribution in [1.82, 2.24) is 0 Å². The standard InChI is InChI=1S/C16H14O2/c1-11-5-4-6-12(9-11)16-10-14(17)13-7-2-3-8-15(13)18-16/h2-9,16H,10H2,1H3. The summed E-state index contributed by atoms with van der Waals surface area (Å²) in [6.45, 7) is 2.04. The van der Waals surface area contributed by atoms with Crippen molar-refractivity contribution in [3.63, 3.8) is 0 Å². The van der Waals surface area contributed by atoms with Crippen LogP contribution in [0.4, 0.5) is 0 Å². The topological polar surface area (TPSA) is 26.3 Å². The molecule has 2 aromatic rings. The zero-order valence-electron chi connectivity index (χ0n) is 10.2. The normalized spacial score (nSPS) is 18.1. The first-order valence-corrected chi connectivity index (χ1v) is 6.09. The first-order chi connectivity index (χ1) is 8.74. The lowest BCUT2D eigenvalue weighted by Crippen LogP contribution is -2.20. The predicted molar refractivity (Wildman–Crippen MR) is 69.9 cm³/mol. The number of benzene rings is 2. The van der Waals surface area contributed by atoms with Crippen molar-refractivity contribution >= 4 is 5.78 Å². The SMILES string of the molecule is Cc1cccc(C2CC(=O)c3ccccc3O2)c1. The number of hydrogen-bond donors (Lipinski definition) is 0. The lowest BCUT2D eigenvalue weighted by Gasteiger charge is -2.25. The van der Waals surface area contributed by atoms with Crippen molar-refractivity contribution in [2.75, 3.05) is 0 Å². The number of rotatable bonds is 1. The molecule has 1 atom stereocenters. The van der Waals surface area contributed by atoms with Gasteiger partial charge >= 0.3 is 0 Å². The minimum Gasteiger partial charge on any atom is -0.484 e. The van der Waals surface area contributed by atoms with Gasteiger partial charge in [-0.15, -0.1) is 0 Å². The summed E-state index contributed by atoms with van der Waals surface area (Å²) >= 11 is 0. The highest BCUT2D eigenvalue weighted by atomic mass is 16.5. The second-order valence-corrected chi connectivity index (χ2v) is 4.64. The largest absolute Gasteiger partial charge is 0.484 e. The Balaban J connectivity index is 1.97. The van der Waals surface area contributed by atoms with Gasteiger partial charge in [0.2, 0.25) is 0 Å². The van der Waals surface area contributed by atoms with E-state index in [4.69, 9.17) is 4.74 Å². The van der Waals surface area contributed by atoms with Crippen LogP contribution in [0.3, 0.4) is 0 Å². The maximum absolute atomic E-state index is 12.1. The van der Waals surface area contributed by atoms with Crippen LogP contribution >= 0.6 is 0 Å². The van der Waals surface area contributed by atoms with Crippen molar-refractivity contribution in [2.45, 2.75) is 19.4 Å². The van der Waals surface area contributed by atoms with Crippen molar-refractivity contribution in [1.29, 1.82) is 0 Å². The van der Waals surface area contributed by atoms with Gasteiger partial charge in [0.1, 0.15) is 11.9 Å². The van der Waals surface area contributed by atoms with Gasteiger partial charge in [-0.05, 0) is 24.6 Å². The van der Waals surface area contributed by atoms with E-state index in [1.807, 2.05) is 49.4 Å². The van der Waals surface area contributed by atoms with Gasteiger partial charge in [0.05, 0.1) is 12.0 Å². The van der Waals surface area contributed by atoms with E-state index >= 15 is 0 Å². The van der Waals surface area contributed by atoms with Crippen LogP contribution in [0.5, 0.6) is 5.75 Å². The third-order valence-electron chi connectivity index (χ3n) is 3.24. The maximum atomic E-state index is 12.1. The summed E-state index contributed by atoms with van der Waals surface area (Å²) in [6, 6.07) is 15.6.